The molecule has 3 aromatic rings. The summed E-state index contributed by atoms with van der Waals surface area (Å²) in [5.74, 6) is 0.184. The number of esters is 1. The molecule has 0 saturated carbocycles. The topological polar surface area (TPSA) is 85.3 Å². The maximum Gasteiger partial charge on any atom is 0.337 e. The minimum absolute atomic E-state index is 0.175. The van der Waals surface area contributed by atoms with E-state index in [2.05, 4.69) is 15.1 Å². The number of halogens is 1. The van der Waals surface area contributed by atoms with Crippen LogP contribution in [0.1, 0.15) is 21.7 Å². The lowest BCUT2D eigenvalue weighted by molar-refractivity contribution is 0.00863. The SMILES string of the molecule is COC(=O)c1ccc2nc(CO[C@H]3CN(Cc4cnn(C)c4)C[C@H]3F)[nH]c2c1. The first-order valence-corrected chi connectivity index (χ1v) is 9.04. The van der Waals surface area contributed by atoms with Crippen molar-refractivity contribution < 1.29 is 18.7 Å². The average molecular weight is 387 g/mol. The third-order valence-corrected chi connectivity index (χ3v) is 4.82. The van der Waals surface area contributed by atoms with Crippen LogP contribution in [0.2, 0.25) is 0 Å². The summed E-state index contributed by atoms with van der Waals surface area (Å²) in [5.41, 5.74) is 2.92. The number of carbonyl (C=O) groups is 1. The maximum atomic E-state index is 14.4. The van der Waals surface area contributed by atoms with E-state index in [0.29, 0.717) is 42.1 Å². The van der Waals surface area contributed by atoms with E-state index >= 15 is 0 Å². The Hall–Kier alpha value is -2.78. The van der Waals surface area contributed by atoms with Crippen molar-refractivity contribution in [2.45, 2.75) is 25.4 Å². The molecule has 0 bridgehead atoms. The highest BCUT2D eigenvalue weighted by molar-refractivity contribution is 5.93. The highest BCUT2D eigenvalue weighted by Crippen LogP contribution is 2.21. The van der Waals surface area contributed by atoms with Crippen LogP contribution < -0.4 is 0 Å². The van der Waals surface area contributed by atoms with Crippen molar-refractivity contribution >= 4 is 17.0 Å². The summed E-state index contributed by atoms with van der Waals surface area (Å²) in [5, 5.41) is 4.14. The number of benzene rings is 1. The molecule has 0 aliphatic carbocycles. The van der Waals surface area contributed by atoms with Crippen LogP contribution in [-0.4, -0.2) is 63.1 Å². The number of nitrogens with zero attached hydrogens (tertiary/aromatic N) is 4. The molecule has 4 rings (SSSR count). The summed E-state index contributed by atoms with van der Waals surface area (Å²) in [6.45, 7) is 1.67. The Morgan fingerprint density at radius 3 is 3.00 bits per heavy atom. The Kier molecular flexibility index (Phi) is 5.10. The van der Waals surface area contributed by atoms with Gasteiger partial charge in [-0.25, -0.2) is 14.2 Å². The van der Waals surface area contributed by atoms with Crippen LogP contribution in [0.5, 0.6) is 0 Å². The van der Waals surface area contributed by atoms with Gasteiger partial charge in [0.2, 0.25) is 0 Å². The van der Waals surface area contributed by atoms with Gasteiger partial charge in [-0.1, -0.05) is 0 Å². The van der Waals surface area contributed by atoms with Crippen molar-refractivity contribution in [3.8, 4) is 0 Å². The summed E-state index contributed by atoms with van der Waals surface area (Å²) in [6, 6.07) is 5.08. The van der Waals surface area contributed by atoms with E-state index < -0.39 is 18.2 Å². The number of hydrogen-bond acceptors (Lipinski definition) is 6. The first kappa shape index (κ1) is 18.6. The molecule has 1 aromatic carbocycles. The Labute approximate surface area is 161 Å². The van der Waals surface area contributed by atoms with Gasteiger partial charge in [0.15, 0.2) is 0 Å². The molecular formula is C19H22FN5O3. The smallest absolute Gasteiger partial charge is 0.337 e. The van der Waals surface area contributed by atoms with Crippen molar-refractivity contribution in [3.05, 3.63) is 47.5 Å². The van der Waals surface area contributed by atoms with Gasteiger partial charge in [-0.15, -0.1) is 0 Å². The number of H-pyrrole nitrogens is 1. The molecule has 8 nitrogen and oxygen atoms in total. The molecular weight excluding hydrogens is 365 g/mol. The van der Waals surface area contributed by atoms with Gasteiger partial charge in [-0.3, -0.25) is 9.58 Å². The quantitative estimate of drug-likeness (QED) is 0.650. The van der Waals surface area contributed by atoms with E-state index in [1.165, 1.54) is 7.11 Å². The molecule has 0 unspecified atom stereocenters. The predicted molar refractivity (Wildman–Crippen MR) is 99.4 cm³/mol. The molecule has 9 heteroatoms. The number of hydrogen-bond donors (Lipinski definition) is 1. The number of aromatic amines is 1. The highest BCUT2D eigenvalue weighted by Gasteiger charge is 2.33. The van der Waals surface area contributed by atoms with Crippen LogP contribution in [0.4, 0.5) is 4.39 Å². The number of nitrogens with one attached hydrogen (secondary N) is 1. The maximum absolute atomic E-state index is 14.4. The Morgan fingerprint density at radius 1 is 1.39 bits per heavy atom. The number of aromatic nitrogens is 4. The van der Waals surface area contributed by atoms with E-state index in [1.807, 2.05) is 18.1 Å². The number of ether oxygens (including phenoxy) is 2. The molecule has 2 atom stereocenters. The summed E-state index contributed by atoms with van der Waals surface area (Å²) in [6.07, 6.45) is 2.17. The van der Waals surface area contributed by atoms with Crippen LogP contribution in [0.25, 0.3) is 11.0 Å². The Bertz CT molecular complexity index is 985. The molecule has 1 aliphatic heterocycles. The number of aryl methyl sites for hydroxylation is 1. The molecule has 1 aliphatic rings. The van der Waals surface area contributed by atoms with Crippen LogP contribution >= 0.6 is 0 Å². The molecule has 28 heavy (non-hydrogen) atoms. The molecule has 1 fully saturated rings. The van der Waals surface area contributed by atoms with Gasteiger partial charge in [-0.2, -0.15) is 5.10 Å². The average Bonchev–Trinajstić information content (AvgIpc) is 3.37. The van der Waals surface area contributed by atoms with E-state index in [1.54, 1.807) is 29.1 Å². The van der Waals surface area contributed by atoms with E-state index in [0.717, 1.165) is 5.56 Å². The lowest BCUT2D eigenvalue weighted by Crippen LogP contribution is -2.24. The van der Waals surface area contributed by atoms with Gasteiger partial charge in [0.25, 0.3) is 0 Å². The molecule has 148 valence electrons. The number of carbonyl (C=O) groups excluding carboxylic acids is 1. The first-order valence-electron chi connectivity index (χ1n) is 9.04. The van der Waals surface area contributed by atoms with Crippen molar-refractivity contribution in [3.63, 3.8) is 0 Å². The molecule has 1 saturated heterocycles. The number of methoxy groups -OCH3 is 1. The summed E-state index contributed by atoms with van der Waals surface area (Å²) in [7, 11) is 3.20. The zero-order chi connectivity index (χ0) is 19.7. The number of imidazole rings is 1. The van der Waals surface area contributed by atoms with Gasteiger partial charge in [0.05, 0.1) is 29.9 Å². The second kappa shape index (κ2) is 7.69. The van der Waals surface area contributed by atoms with Crippen molar-refractivity contribution in [1.29, 1.82) is 0 Å². The number of rotatable bonds is 6. The molecule has 0 amide bonds. The van der Waals surface area contributed by atoms with Crippen LogP contribution in [0.3, 0.4) is 0 Å². The molecule has 0 radical (unpaired) electrons. The normalized spacial score (nSPS) is 20.1. The third kappa shape index (κ3) is 3.90. The molecule has 0 spiro atoms. The molecule has 3 heterocycles. The van der Waals surface area contributed by atoms with Crippen LogP contribution in [-0.2, 0) is 29.7 Å². The number of alkyl halides is 1. The number of fused-ring (bicyclic) bond motifs is 1. The van der Waals surface area contributed by atoms with Gasteiger partial charge in [-0.05, 0) is 18.2 Å². The highest BCUT2D eigenvalue weighted by atomic mass is 19.1. The minimum atomic E-state index is -1.05. The van der Waals surface area contributed by atoms with Crippen LogP contribution in [0, 0.1) is 0 Å². The standard InChI is InChI=1S/C19H22FN5O3/c1-24-7-12(6-21-24)8-25-9-14(20)17(10-25)28-11-18-22-15-4-3-13(19(26)27-2)5-16(15)23-18/h3-7,14,17H,8-11H2,1-2H3,(H,22,23)/t14-,17+/m1/s1. The fourth-order valence-electron chi connectivity index (χ4n) is 3.47. The summed E-state index contributed by atoms with van der Waals surface area (Å²) < 4.78 is 26.6. The Balaban J connectivity index is 1.36. The molecule has 1 N–H and O–H groups in total. The molecule has 2 aromatic heterocycles. The van der Waals surface area contributed by atoms with Gasteiger partial charge < -0.3 is 14.5 Å². The lowest BCUT2D eigenvalue weighted by atomic mass is 10.2. The second-order valence-corrected chi connectivity index (χ2v) is 6.99. The first-order chi connectivity index (χ1) is 13.5. The third-order valence-electron chi connectivity index (χ3n) is 4.82. The second-order valence-electron chi connectivity index (χ2n) is 6.99. The zero-order valence-corrected chi connectivity index (χ0v) is 15.8. The Morgan fingerprint density at radius 2 is 2.25 bits per heavy atom. The fraction of sp³-hybridized carbons (Fsp3) is 0.421. The van der Waals surface area contributed by atoms with Gasteiger partial charge in [0.1, 0.15) is 24.7 Å². The van der Waals surface area contributed by atoms with Gasteiger partial charge >= 0.3 is 5.97 Å². The van der Waals surface area contributed by atoms with Gasteiger partial charge in [0, 0.05) is 38.4 Å². The van der Waals surface area contributed by atoms with Crippen molar-refractivity contribution in [2.24, 2.45) is 7.05 Å². The number of likely N-dealkylation sites (tertiary alicyclic amines) is 1. The van der Waals surface area contributed by atoms with E-state index in [9.17, 15) is 9.18 Å². The lowest BCUT2D eigenvalue weighted by Gasteiger charge is -2.14. The minimum Gasteiger partial charge on any atom is -0.465 e. The van der Waals surface area contributed by atoms with Crippen molar-refractivity contribution in [1.82, 2.24) is 24.6 Å². The summed E-state index contributed by atoms with van der Waals surface area (Å²) >= 11 is 0. The predicted octanol–water partition coefficient (Wildman–Crippen LogP) is 1.82. The monoisotopic (exact) mass is 387 g/mol. The largest absolute Gasteiger partial charge is 0.465 e. The fourth-order valence-corrected chi connectivity index (χ4v) is 3.47. The van der Waals surface area contributed by atoms with Crippen LogP contribution in [0.15, 0.2) is 30.6 Å². The summed E-state index contributed by atoms with van der Waals surface area (Å²) in [4.78, 5) is 21.2. The van der Waals surface area contributed by atoms with Crippen molar-refractivity contribution in [2.75, 3.05) is 20.2 Å². The van der Waals surface area contributed by atoms with E-state index in [4.69, 9.17) is 9.47 Å². The zero-order valence-electron chi connectivity index (χ0n) is 15.8. The van der Waals surface area contributed by atoms with E-state index in [-0.39, 0.29) is 6.61 Å².